The van der Waals surface area contributed by atoms with E-state index in [0.717, 1.165) is 0 Å². The number of rotatable bonds is 4. The molecule has 0 heterocycles. The van der Waals surface area contributed by atoms with E-state index in [0.29, 0.717) is 6.21 Å². The number of carboxylic acid groups (broad SMARTS) is 1. The van der Waals surface area contributed by atoms with Gasteiger partial charge < -0.3 is 21.1 Å². The van der Waals surface area contributed by atoms with Crippen molar-refractivity contribution in [3.8, 4) is 0 Å². The standard InChI is InChI=1S/C5H7N3O4/c6-7-1-4(10)8-3(2-9)5(11)12/h1,3,9H,2H2,(H,8,10)(H,11,12). The van der Waals surface area contributed by atoms with Gasteiger partial charge >= 0.3 is 18.1 Å². The maximum Gasteiger partial charge on any atom is 0.344 e. The lowest BCUT2D eigenvalue weighted by atomic mass is 10.3. The van der Waals surface area contributed by atoms with E-state index in [-0.39, 0.29) is 0 Å². The Bertz CT molecular complexity index is 233. The van der Waals surface area contributed by atoms with Gasteiger partial charge in [-0.1, -0.05) is 0 Å². The van der Waals surface area contributed by atoms with Crippen LogP contribution in [0.25, 0.3) is 5.53 Å². The highest BCUT2D eigenvalue weighted by Crippen LogP contribution is 1.80. The van der Waals surface area contributed by atoms with Crippen LogP contribution in [0.5, 0.6) is 0 Å². The number of nitrogens with one attached hydrogen (secondary N) is 1. The van der Waals surface area contributed by atoms with Crippen LogP contribution >= 0.6 is 0 Å². The maximum absolute atomic E-state index is 10.5. The molecule has 12 heavy (non-hydrogen) atoms. The minimum atomic E-state index is -1.38. The largest absolute Gasteiger partial charge is 0.480 e. The van der Waals surface area contributed by atoms with Crippen LogP contribution in [0.15, 0.2) is 0 Å². The zero-order valence-corrected chi connectivity index (χ0v) is 5.97. The van der Waals surface area contributed by atoms with Crippen molar-refractivity contribution in [1.29, 1.82) is 0 Å². The molecule has 0 aromatic heterocycles. The number of hydrogen-bond donors (Lipinski definition) is 3. The van der Waals surface area contributed by atoms with Crippen LogP contribution in [-0.4, -0.2) is 45.7 Å². The van der Waals surface area contributed by atoms with Gasteiger partial charge in [0.1, 0.15) is 0 Å². The van der Waals surface area contributed by atoms with Gasteiger partial charge in [0, 0.05) is 0 Å². The summed E-state index contributed by atoms with van der Waals surface area (Å²) < 4.78 is 0. The smallest absolute Gasteiger partial charge is 0.344 e. The summed E-state index contributed by atoms with van der Waals surface area (Å²) in [7, 11) is 0. The van der Waals surface area contributed by atoms with Crippen LogP contribution < -0.4 is 5.32 Å². The number of aliphatic carboxylic acids is 1. The SMILES string of the molecule is [N-]=[N+]=CC(=O)NC(CO)C(=O)O. The van der Waals surface area contributed by atoms with Crippen molar-refractivity contribution in [1.82, 2.24) is 5.32 Å². The Morgan fingerprint density at radius 3 is 2.58 bits per heavy atom. The molecular formula is C5H7N3O4. The second kappa shape index (κ2) is 5.00. The molecule has 0 aromatic carbocycles. The van der Waals surface area contributed by atoms with Gasteiger partial charge in [-0.05, 0) is 0 Å². The lowest BCUT2D eigenvalue weighted by molar-refractivity contribution is -0.142. The molecule has 66 valence electrons. The van der Waals surface area contributed by atoms with Crippen LogP contribution in [0.1, 0.15) is 0 Å². The normalized spacial score (nSPS) is 11.1. The topological polar surface area (TPSA) is 123 Å². The maximum atomic E-state index is 10.5. The Kier molecular flexibility index (Phi) is 4.28. The van der Waals surface area contributed by atoms with Crippen molar-refractivity contribution in [3.05, 3.63) is 5.53 Å². The molecule has 3 N–H and O–H groups in total. The molecule has 0 aliphatic rings. The summed E-state index contributed by atoms with van der Waals surface area (Å²) >= 11 is 0. The van der Waals surface area contributed by atoms with Gasteiger partial charge in [-0.25, -0.2) is 4.79 Å². The van der Waals surface area contributed by atoms with Gasteiger partial charge in [-0.15, -0.1) is 0 Å². The lowest BCUT2D eigenvalue weighted by Crippen LogP contribution is -2.43. The average molecular weight is 173 g/mol. The fraction of sp³-hybridized carbons (Fsp3) is 0.400. The van der Waals surface area contributed by atoms with E-state index in [1.54, 1.807) is 0 Å². The van der Waals surface area contributed by atoms with Crippen molar-refractivity contribution < 1.29 is 24.6 Å². The van der Waals surface area contributed by atoms with Crippen molar-refractivity contribution in [3.63, 3.8) is 0 Å². The molecule has 0 rings (SSSR count). The zero-order chi connectivity index (χ0) is 9.56. The third-order valence-electron chi connectivity index (χ3n) is 0.972. The molecule has 0 saturated heterocycles. The molecule has 1 atom stereocenters. The van der Waals surface area contributed by atoms with Gasteiger partial charge in [-0.3, -0.25) is 4.79 Å². The van der Waals surface area contributed by atoms with Crippen molar-refractivity contribution >= 4 is 18.1 Å². The second-order valence-corrected chi connectivity index (χ2v) is 1.83. The van der Waals surface area contributed by atoms with E-state index in [1.165, 1.54) is 0 Å². The van der Waals surface area contributed by atoms with Crippen LogP contribution in [-0.2, 0) is 9.59 Å². The predicted octanol–water partition coefficient (Wildman–Crippen LogP) is -2.15. The highest BCUT2D eigenvalue weighted by Gasteiger charge is 2.18. The van der Waals surface area contributed by atoms with Gasteiger partial charge in [0.05, 0.1) is 6.61 Å². The first-order valence-electron chi connectivity index (χ1n) is 2.93. The van der Waals surface area contributed by atoms with Crippen molar-refractivity contribution in [2.75, 3.05) is 6.61 Å². The number of aliphatic hydroxyl groups excluding tert-OH is 1. The Morgan fingerprint density at radius 1 is 1.67 bits per heavy atom. The van der Waals surface area contributed by atoms with Crippen LogP contribution in [0.4, 0.5) is 0 Å². The number of aliphatic hydroxyl groups is 1. The Hall–Kier alpha value is -1.72. The molecule has 0 spiro atoms. The van der Waals surface area contributed by atoms with Crippen molar-refractivity contribution in [2.24, 2.45) is 0 Å². The van der Waals surface area contributed by atoms with E-state index in [4.69, 9.17) is 15.7 Å². The third-order valence-corrected chi connectivity index (χ3v) is 0.972. The van der Waals surface area contributed by atoms with Crippen molar-refractivity contribution in [2.45, 2.75) is 6.04 Å². The first-order chi connectivity index (χ1) is 5.61. The Morgan fingerprint density at radius 2 is 2.25 bits per heavy atom. The minimum absolute atomic E-state index is 0.492. The summed E-state index contributed by atoms with van der Waals surface area (Å²) in [5.74, 6) is -2.25. The van der Waals surface area contributed by atoms with E-state index >= 15 is 0 Å². The number of nitrogens with zero attached hydrogens (tertiary/aromatic N) is 2. The predicted molar refractivity (Wildman–Crippen MR) is 36.3 cm³/mol. The molecule has 1 amide bonds. The molecule has 0 aromatic rings. The molecular weight excluding hydrogens is 166 g/mol. The van der Waals surface area contributed by atoms with Crippen LogP contribution in [0.3, 0.4) is 0 Å². The van der Waals surface area contributed by atoms with E-state index < -0.39 is 24.5 Å². The first-order valence-corrected chi connectivity index (χ1v) is 2.93. The highest BCUT2D eigenvalue weighted by molar-refractivity contribution is 6.24. The number of hydrogen-bond acceptors (Lipinski definition) is 3. The molecule has 0 radical (unpaired) electrons. The molecule has 1 unspecified atom stereocenters. The van der Waals surface area contributed by atoms with Gasteiger partial charge in [0.2, 0.25) is 0 Å². The summed E-state index contributed by atoms with van der Waals surface area (Å²) in [6, 6.07) is -1.38. The van der Waals surface area contributed by atoms with Crippen LogP contribution in [0.2, 0.25) is 0 Å². The summed E-state index contributed by atoms with van der Waals surface area (Å²) in [5, 5.41) is 18.6. The summed E-state index contributed by atoms with van der Waals surface area (Å²) in [5.41, 5.74) is 7.86. The number of carbonyl (C=O) groups is 2. The minimum Gasteiger partial charge on any atom is -0.480 e. The fourth-order valence-corrected chi connectivity index (χ4v) is 0.447. The number of amides is 1. The van der Waals surface area contributed by atoms with Gasteiger partial charge in [0.25, 0.3) is 0 Å². The summed E-state index contributed by atoms with van der Waals surface area (Å²) in [6.45, 7) is -0.722. The van der Waals surface area contributed by atoms with E-state index in [2.05, 4.69) is 4.79 Å². The lowest BCUT2D eigenvalue weighted by Gasteiger charge is -2.06. The Labute approximate surface area is 67.2 Å². The monoisotopic (exact) mass is 173 g/mol. The van der Waals surface area contributed by atoms with Crippen LogP contribution in [0, 0.1) is 0 Å². The summed E-state index contributed by atoms with van der Waals surface area (Å²) in [4.78, 5) is 23.1. The number of carbonyl (C=O) groups excluding carboxylic acids is 1. The Balaban J connectivity index is 4.11. The molecule has 0 bridgehead atoms. The van der Waals surface area contributed by atoms with E-state index in [1.807, 2.05) is 5.32 Å². The first kappa shape index (κ1) is 10.3. The quantitative estimate of drug-likeness (QED) is 0.254. The summed E-state index contributed by atoms with van der Waals surface area (Å²) in [6.07, 6.45) is 0.492. The molecule has 0 aliphatic heterocycles. The molecule has 7 heteroatoms. The second-order valence-electron chi connectivity index (χ2n) is 1.83. The van der Waals surface area contributed by atoms with E-state index in [9.17, 15) is 9.59 Å². The molecule has 0 aliphatic carbocycles. The highest BCUT2D eigenvalue weighted by atomic mass is 16.4. The van der Waals surface area contributed by atoms with Gasteiger partial charge in [0.15, 0.2) is 6.04 Å². The van der Waals surface area contributed by atoms with Gasteiger partial charge in [-0.2, -0.15) is 4.79 Å². The molecule has 0 saturated carbocycles. The third kappa shape index (κ3) is 3.45. The fourth-order valence-electron chi connectivity index (χ4n) is 0.447. The number of carboxylic acids is 1. The molecule has 7 nitrogen and oxygen atoms in total. The zero-order valence-electron chi connectivity index (χ0n) is 5.97. The molecule has 0 fully saturated rings. The average Bonchev–Trinajstić information content (AvgIpc) is 2.00.